The number of hydrogen-bond acceptors (Lipinski definition) is 1. The second-order valence-corrected chi connectivity index (χ2v) is 5.39. The van der Waals surface area contributed by atoms with E-state index in [1.165, 1.54) is 0 Å². The van der Waals surface area contributed by atoms with Crippen LogP contribution in [0.1, 0.15) is 38.8 Å². The summed E-state index contributed by atoms with van der Waals surface area (Å²) in [4.78, 5) is 11.9. The smallest absolute Gasteiger partial charge is 0.224 e. The molecule has 1 aromatic carbocycles. The Balaban J connectivity index is 1.94. The predicted molar refractivity (Wildman–Crippen MR) is 64.9 cm³/mol. The SMILES string of the molecule is C[C@@H](NC(=O)[C@H]1CC1(C)C)c1ccccc1. The normalized spacial score (nSPS) is 23.6. The van der Waals surface area contributed by atoms with Crippen molar-refractivity contribution in [3.05, 3.63) is 35.9 Å². The highest BCUT2D eigenvalue weighted by atomic mass is 16.2. The Labute approximate surface area is 97.1 Å². The molecule has 1 amide bonds. The molecule has 0 radical (unpaired) electrons. The van der Waals surface area contributed by atoms with Crippen LogP contribution in [0.5, 0.6) is 0 Å². The number of amides is 1. The maximum atomic E-state index is 11.9. The summed E-state index contributed by atoms with van der Waals surface area (Å²) in [5, 5.41) is 3.07. The van der Waals surface area contributed by atoms with Gasteiger partial charge in [0.15, 0.2) is 0 Å². The third kappa shape index (κ3) is 2.26. The van der Waals surface area contributed by atoms with E-state index in [0.717, 1.165) is 12.0 Å². The molecule has 0 heterocycles. The molecule has 1 N–H and O–H groups in total. The minimum Gasteiger partial charge on any atom is -0.349 e. The highest BCUT2D eigenvalue weighted by Gasteiger charge is 2.50. The van der Waals surface area contributed by atoms with Gasteiger partial charge in [-0.1, -0.05) is 44.2 Å². The van der Waals surface area contributed by atoms with Crippen LogP contribution >= 0.6 is 0 Å². The number of rotatable bonds is 3. The Bertz CT molecular complexity index is 383. The first-order valence-corrected chi connectivity index (χ1v) is 5.86. The van der Waals surface area contributed by atoms with Crippen LogP contribution in [-0.2, 0) is 4.79 Å². The molecule has 1 fully saturated rings. The largest absolute Gasteiger partial charge is 0.349 e. The van der Waals surface area contributed by atoms with E-state index in [9.17, 15) is 4.79 Å². The number of nitrogens with one attached hydrogen (secondary N) is 1. The molecule has 2 rings (SSSR count). The van der Waals surface area contributed by atoms with Gasteiger partial charge in [-0.2, -0.15) is 0 Å². The molecule has 2 nitrogen and oxygen atoms in total. The van der Waals surface area contributed by atoms with E-state index in [1.807, 2.05) is 37.3 Å². The third-order valence-electron chi connectivity index (χ3n) is 3.49. The van der Waals surface area contributed by atoms with Crippen LogP contribution in [-0.4, -0.2) is 5.91 Å². The lowest BCUT2D eigenvalue weighted by Gasteiger charge is -2.14. The maximum Gasteiger partial charge on any atom is 0.224 e. The van der Waals surface area contributed by atoms with Gasteiger partial charge in [0.1, 0.15) is 0 Å². The summed E-state index contributed by atoms with van der Waals surface area (Å²) in [5.41, 5.74) is 1.37. The Morgan fingerprint density at radius 3 is 2.44 bits per heavy atom. The van der Waals surface area contributed by atoms with Gasteiger partial charge in [0, 0.05) is 5.92 Å². The minimum atomic E-state index is 0.102. The highest BCUT2D eigenvalue weighted by molar-refractivity contribution is 5.82. The fourth-order valence-electron chi connectivity index (χ4n) is 2.05. The van der Waals surface area contributed by atoms with Gasteiger partial charge in [0.2, 0.25) is 5.91 Å². The lowest BCUT2D eigenvalue weighted by atomic mass is 10.1. The molecule has 16 heavy (non-hydrogen) atoms. The minimum absolute atomic E-state index is 0.102. The summed E-state index contributed by atoms with van der Waals surface area (Å²) < 4.78 is 0. The Morgan fingerprint density at radius 1 is 1.38 bits per heavy atom. The Hall–Kier alpha value is -1.31. The van der Waals surface area contributed by atoms with Gasteiger partial charge >= 0.3 is 0 Å². The van der Waals surface area contributed by atoms with Gasteiger partial charge in [-0.3, -0.25) is 4.79 Å². The molecule has 0 unspecified atom stereocenters. The molecule has 0 saturated heterocycles. The molecule has 1 saturated carbocycles. The fourth-order valence-corrected chi connectivity index (χ4v) is 2.05. The van der Waals surface area contributed by atoms with E-state index in [1.54, 1.807) is 0 Å². The summed E-state index contributed by atoms with van der Waals surface area (Å²) in [6.45, 7) is 6.32. The molecule has 1 aliphatic rings. The summed E-state index contributed by atoms with van der Waals surface area (Å²) in [5.74, 6) is 0.403. The van der Waals surface area contributed by atoms with Gasteiger partial charge in [0.25, 0.3) is 0 Å². The second-order valence-electron chi connectivity index (χ2n) is 5.39. The van der Waals surface area contributed by atoms with Crippen LogP contribution in [0.4, 0.5) is 0 Å². The van der Waals surface area contributed by atoms with Crippen molar-refractivity contribution in [3.63, 3.8) is 0 Å². The quantitative estimate of drug-likeness (QED) is 0.828. The van der Waals surface area contributed by atoms with Crippen molar-refractivity contribution in [2.75, 3.05) is 0 Å². The van der Waals surface area contributed by atoms with Crippen molar-refractivity contribution in [2.45, 2.75) is 33.2 Å². The van der Waals surface area contributed by atoms with Gasteiger partial charge < -0.3 is 5.32 Å². The van der Waals surface area contributed by atoms with Gasteiger partial charge in [-0.05, 0) is 24.3 Å². The summed E-state index contributed by atoms with van der Waals surface area (Å²) in [6, 6.07) is 10.2. The van der Waals surface area contributed by atoms with Crippen LogP contribution in [0, 0.1) is 11.3 Å². The average Bonchev–Trinajstić information content (AvgIpc) is 2.89. The lowest BCUT2D eigenvalue weighted by Crippen LogP contribution is -2.29. The Morgan fingerprint density at radius 2 is 1.94 bits per heavy atom. The number of carbonyl (C=O) groups is 1. The lowest BCUT2D eigenvalue weighted by molar-refractivity contribution is -0.123. The molecule has 2 atom stereocenters. The zero-order valence-corrected chi connectivity index (χ0v) is 10.2. The summed E-state index contributed by atoms with van der Waals surface area (Å²) in [7, 11) is 0. The second kappa shape index (κ2) is 3.93. The molecule has 1 aromatic rings. The fraction of sp³-hybridized carbons (Fsp3) is 0.500. The van der Waals surface area contributed by atoms with Crippen LogP contribution in [0.25, 0.3) is 0 Å². The van der Waals surface area contributed by atoms with E-state index < -0.39 is 0 Å². The Kier molecular flexibility index (Phi) is 2.75. The molecule has 1 aliphatic carbocycles. The molecule has 0 spiro atoms. The molecule has 2 heteroatoms. The van der Waals surface area contributed by atoms with Crippen molar-refractivity contribution in [1.29, 1.82) is 0 Å². The van der Waals surface area contributed by atoms with E-state index in [2.05, 4.69) is 19.2 Å². The third-order valence-corrected chi connectivity index (χ3v) is 3.49. The van der Waals surface area contributed by atoms with Crippen LogP contribution < -0.4 is 5.32 Å². The summed E-state index contributed by atoms with van der Waals surface area (Å²) >= 11 is 0. The molecule has 86 valence electrons. The predicted octanol–water partition coefficient (Wildman–Crippen LogP) is 2.91. The average molecular weight is 217 g/mol. The zero-order chi connectivity index (χ0) is 11.8. The number of carbonyl (C=O) groups excluding carboxylic acids is 1. The maximum absolute atomic E-state index is 11.9. The van der Waals surface area contributed by atoms with E-state index in [-0.39, 0.29) is 23.3 Å². The molecular formula is C14H19NO. The van der Waals surface area contributed by atoms with E-state index >= 15 is 0 Å². The van der Waals surface area contributed by atoms with Crippen LogP contribution in [0.2, 0.25) is 0 Å². The first kappa shape index (κ1) is 11.2. The van der Waals surface area contributed by atoms with Crippen LogP contribution in [0.3, 0.4) is 0 Å². The monoisotopic (exact) mass is 217 g/mol. The standard InChI is InChI=1S/C14H19NO/c1-10(11-7-5-4-6-8-11)15-13(16)12-9-14(12,2)3/h4-8,10,12H,9H2,1-3H3,(H,15,16)/t10-,12-/m1/s1. The first-order valence-electron chi connectivity index (χ1n) is 5.86. The first-order chi connectivity index (χ1) is 7.50. The topological polar surface area (TPSA) is 29.1 Å². The molecule has 0 bridgehead atoms. The van der Waals surface area contributed by atoms with Crippen LogP contribution in [0.15, 0.2) is 30.3 Å². The van der Waals surface area contributed by atoms with Crippen molar-refractivity contribution in [3.8, 4) is 0 Å². The van der Waals surface area contributed by atoms with Gasteiger partial charge in [-0.15, -0.1) is 0 Å². The van der Waals surface area contributed by atoms with E-state index in [0.29, 0.717) is 0 Å². The van der Waals surface area contributed by atoms with E-state index in [4.69, 9.17) is 0 Å². The number of hydrogen-bond donors (Lipinski definition) is 1. The van der Waals surface area contributed by atoms with Crippen molar-refractivity contribution < 1.29 is 4.79 Å². The van der Waals surface area contributed by atoms with Gasteiger partial charge in [-0.25, -0.2) is 0 Å². The molecule has 0 aromatic heterocycles. The molecule has 0 aliphatic heterocycles. The zero-order valence-electron chi connectivity index (χ0n) is 10.2. The van der Waals surface area contributed by atoms with Crippen molar-refractivity contribution >= 4 is 5.91 Å². The summed E-state index contributed by atoms with van der Waals surface area (Å²) in [6.07, 6.45) is 1.01. The number of benzene rings is 1. The van der Waals surface area contributed by atoms with Crippen molar-refractivity contribution in [1.82, 2.24) is 5.32 Å². The van der Waals surface area contributed by atoms with Crippen molar-refractivity contribution in [2.24, 2.45) is 11.3 Å². The molecular weight excluding hydrogens is 198 g/mol. The highest BCUT2D eigenvalue weighted by Crippen LogP contribution is 2.51. The van der Waals surface area contributed by atoms with Gasteiger partial charge in [0.05, 0.1) is 6.04 Å².